The van der Waals surface area contributed by atoms with Crippen molar-refractivity contribution in [3.8, 4) is 0 Å². The fourth-order valence-electron chi connectivity index (χ4n) is 3.57. The summed E-state index contributed by atoms with van der Waals surface area (Å²) in [4.78, 5) is 16.5. The second-order valence-corrected chi connectivity index (χ2v) is 6.11. The van der Waals surface area contributed by atoms with Crippen LogP contribution in [0.25, 0.3) is 0 Å². The third-order valence-electron chi connectivity index (χ3n) is 4.63. The first kappa shape index (κ1) is 13.4. The lowest BCUT2D eigenvalue weighted by Crippen LogP contribution is -2.38. The van der Waals surface area contributed by atoms with E-state index >= 15 is 0 Å². The SMILES string of the molecule is CCCNc1ccc(C(=O)NC2CC3CCC2C3)nc1. The van der Waals surface area contributed by atoms with Gasteiger partial charge in [0.05, 0.1) is 11.9 Å². The van der Waals surface area contributed by atoms with Crippen LogP contribution in [-0.4, -0.2) is 23.5 Å². The van der Waals surface area contributed by atoms with E-state index in [4.69, 9.17) is 0 Å². The van der Waals surface area contributed by atoms with E-state index in [0.717, 1.165) is 31.0 Å². The molecule has 0 saturated heterocycles. The Morgan fingerprint density at radius 2 is 2.25 bits per heavy atom. The number of carbonyl (C=O) groups excluding carboxylic acids is 1. The summed E-state index contributed by atoms with van der Waals surface area (Å²) in [5.41, 5.74) is 1.50. The maximum atomic E-state index is 12.2. The van der Waals surface area contributed by atoms with Crippen LogP contribution >= 0.6 is 0 Å². The highest BCUT2D eigenvalue weighted by molar-refractivity contribution is 5.92. The molecule has 2 aliphatic carbocycles. The number of rotatable bonds is 5. The molecule has 4 heteroatoms. The summed E-state index contributed by atoms with van der Waals surface area (Å²) in [6.45, 7) is 3.05. The van der Waals surface area contributed by atoms with Crippen molar-refractivity contribution in [3.63, 3.8) is 0 Å². The molecular weight excluding hydrogens is 250 g/mol. The Kier molecular flexibility index (Phi) is 3.90. The highest BCUT2D eigenvalue weighted by Crippen LogP contribution is 2.44. The highest BCUT2D eigenvalue weighted by atomic mass is 16.1. The van der Waals surface area contributed by atoms with Crippen molar-refractivity contribution in [2.75, 3.05) is 11.9 Å². The topological polar surface area (TPSA) is 54.0 Å². The molecule has 1 aromatic heterocycles. The van der Waals surface area contributed by atoms with Crippen LogP contribution in [0.5, 0.6) is 0 Å². The van der Waals surface area contributed by atoms with E-state index < -0.39 is 0 Å². The molecule has 2 N–H and O–H groups in total. The summed E-state index contributed by atoms with van der Waals surface area (Å²) >= 11 is 0. The van der Waals surface area contributed by atoms with Crippen LogP contribution < -0.4 is 10.6 Å². The summed E-state index contributed by atoms with van der Waals surface area (Å²) in [5, 5.41) is 6.43. The molecule has 2 saturated carbocycles. The second-order valence-electron chi connectivity index (χ2n) is 6.11. The van der Waals surface area contributed by atoms with Gasteiger partial charge in [0.15, 0.2) is 0 Å². The van der Waals surface area contributed by atoms with Crippen molar-refractivity contribution in [2.24, 2.45) is 11.8 Å². The molecule has 108 valence electrons. The number of pyridine rings is 1. The minimum atomic E-state index is -0.0235. The first-order valence-electron chi connectivity index (χ1n) is 7.77. The van der Waals surface area contributed by atoms with Crippen LogP contribution in [0.4, 0.5) is 5.69 Å². The van der Waals surface area contributed by atoms with Gasteiger partial charge >= 0.3 is 0 Å². The van der Waals surface area contributed by atoms with E-state index in [1.165, 1.54) is 19.3 Å². The van der Waals surface area contributed by atoms with Crippen LogP contribution in [0.15, 0.2) is 18.3 Å². The van der Waals surface area contributed by atoms with E-state index in [0.29, 0.717) is 17.7 Å². The quantitative estimate of drug-likeness (QED) is 0.867. The minimum absolute atomic E-state index is 0.0235. The number of fused-ring (bicyclic) bond motifs is 2. The zero-order chi connectivity index (χ0) is 13.9. The van der Waals surface area contributed by atoms with Crippen LogP contribution in [-0.2, 0) is 0 Å². The van der Waals surface area contributed by atoms with Gasteiger partial charge in [0.2, 0.25) is 0 Å². The Labute approximate surface area is 120 Å². The molecule has 1 amide bonds. The zero-order valence-electron chi connectivity index (χ0n) is 12.1. The van der Waals surface area contributed by atoms with E-state index in [1.54, 1.807) is 12.3 Å². The van der Waals surface area contributed by atoms with Gasteiger partial charge in [-0.25, -0.2) is 4.98 Å². The van der Waals surface area contributed by atoms with Crippen molar-refractivity contribution in [3.05, 3.63) is 24.0 Å². The third-order valence-corrected chi connectivity index (χ3v) is 4.63. The van der Waals surface area contributed by atoms with Crippen molar-refractivity contribution in [2.45, 2.75) is 45.1 Å². The molecule has 0 spiro atoms. The van der Waals surface area contributed by atoms with Crippen LogP contribution in [0.3, 0.4) is 0 Å². The summed E-state index contributed by atoms with van der Waals surface area (Å²) in [5.74, 6) is 1.53. The van der Waals surface area contributed by atoms with Gasteiger partial charge in [0.1, 0.15) is 5.69 Å². The van der Waals surface area contributed by atoms with Crippen molar-refractivity contribution >= 4 is 11.6 Å². The maximum absolute atomic E-state index is 12.2. The number of hydrogen-bond donors (Lipinski definition) is 2. The molecular formula is C16H23N3O. The minimum Gasteiger partial charge on any atom is -0.384 e. The molecule has 4 nitrogen and oxygen atoms in total. The molecule has 3 atom stereocenters. The Hall–Kier alpha value is -1.58. The lowest BCUT2D eigenvalue weighted by Gasteiger charge is -2.22. The van der Waals surface area contributed by atoms with Crippen molar-refractivity contribution in [1.29, 1.82) is 0 Å². The van der Waals surface area contributed by atoms with Crippen molar-refractivity contribution < 1.29 is 4.79 Å². The highest BCUT2D eigenvalue weighted by Gasteiger charge is 2.40. The summed E-state index contributed by atoms with van der Waals surface area (Å²) < 4.78 is 0. The molecule has 0 aliphatic heterocycles. The smallest absolute Gasteiger partial charge is 0.270 e. The summed E-state index contributed by atoms with van der Waals surface area (Å²) in [6.07, 6.45) is 7.92. The van der Waals surface area contributed by atoms with Gasteiger partial charge in [-0.3, -0.25) is 4.79 Å². The van der Waals surface area contributed by atoms with Gasteiger partial charge in [-0.15, -0.1) is 0 Å². The van der Waals surface area contributed by atoms with Gasteiger partial charge < -0.3 is 10.6 Å². The molecule has 0 radical (unpaired) electrons. The predicted octanol–water partition coefficient (Wildman–Crippen LogP) is 2.82. The van der Waals surface area contributed by atoms with E-state index in [9.17, 15) is 4.79 Å². The molecule has 3 rings (SSSR count). The van der Waals surface area contributed by atoms with Gasteiger partial charge in [0, 0.05) is 12.6 Å². The molecule has 3 unspecified atom stereocenters. The third kappa shape index (κ3) is 2.79. The fourth-order valence-corrected chi connectivity index (χ4v) is 3.57. The average molecular weight is 273 g/mol. The van der Waals surface area contributed by atoms with E-state index in [2.05, 4.69) is 22.5 Å². The van der Waals surface area contributed by atoms with E-state index in [1.807, 2.05) is 6.07 Å². The molecule has 2 aliphatic rings. The monoisotopic (exact) mass is 273 g/mol. The van der Waals surface area contributed by atoms with Gasteiger partial charge in [-0.05, 0) is 49.7 Å². The number of aromatic nitrogens is 1. The molecule has 2 bridgehead atoms. The second kappa shape index (κ2) is 5.81. The van der Waals surface area contributed by atoms with Gasteiger partial charge in [-0.2, -0.15) is 0 Å². The Balaban J connectivity index is 1.57. The summed E-state index contributed by atoms with van der Waals surface area (Å²) in [7, 11) is 0. The van der Waals surface area contributed by atoms with Gasteiger partial charge in [-0.1, -0.05) is 13.3 Å². The molecule has 2 fully saturated rings. The number of anilines is 1. The lowest BCUT2D eigenvalue weighted by atomic mass is 9.95. The predicted molar refractivity (Wildman–Crippen MR) is 79.7 cm³/mol. The molecule has 1 heterocycles. The van der Waals surface area contributed by atoms with Crippen molar-refractivity contribution in [1.82, 2.24) is 10.3 Å². The average Bonchev–Trinajstić information content (AvgIpc) is 3.08. The Bertz CT molecular complexity index is 471. The molecule has 20 heavy (non-hydrogen) atoms. The number of hydrogen-bond acceptors (Lipinski definition) is 3. The largest absolute Gasteiger partial charge is 0.384 e. The van der Waals surface area contributed by atoms with E-state index in [-0.39, 0.29) is 5.91 Å². The zero-order valence-corrected chi connectivity index (χ0v) is 12.1. The summed E-state index contributed by atoms with van der Waals surface area (Å²) in [6, 6.07) is 4.11. The number of carbonyl (C=O) groups is 1. The van der Waals surface area contributed by atoms with Crippen LogP contribution in [0.2, 0.25) is 0 Å². The first-order chi connectivity index (χ1) is 9.76. The Morgan fingerprint density at radius 1 is 1.35 bits per heavy atom. The Morgan fingerprint density at radius 3 is 2.85 bits per heavy atom. The fraction of sp³-hybridized carbons (Fsp3) is 0.625. The normalized spacial score (nSPS) is 27.6. The standard InChI is InChI=1S/C16H23N3O/c1-2-7-17-13-5-6-14(18-10-13)16(20)19-15-9-11-3-4-12(15)8-11/h5-6,10-12,15,17H,2-4,7-9H2,1H3,(H,19,20). The molecule has 1 aromatic rings. The lowest BCUT2D eigenvalue weighted by molar-refractivity contribution is 0.0918. The van der Waals surface area contributed by atoms with Crippen LogP contribution in [0, 0.1) is 11.8 Å². The maximum Gasteiger partial charge on any atom is 0.270 e. The first-order valence-corrected chi connectivity index (χ1v) is 7.77. The van der Waals surface area contributed by atoms with Crippen LogP contribution in [0.1, 0.15) is 49.5 Å². The molecule has 0 aromatic carbocycles. The van der Waals surface area contributed by atoms with Gasteiger partial charge in [0.25, 0.3) is 5.91 Å². The number of nitrogens with one attached hydrogen (secondary N) is 2. The number of nitrogens with zero attached hydrogens (tertiary/aromatic N) is 1. The number of amides is 1.